The molecule has 1 aliphatic heterocycles. The Hall–Kier alpha value is -3.56. The van der Waals surface area contributed by atoms with Crippen LogP contribution in [-0.4, -0.2) is 56.1 Å². The van der Waals surface area contributed by atoms with E-state index < -0.39 is 0 Å². The van der Waals surface area contributed by atoms with Crippen LogP contribution in [0.15, 0.2) is 59.7 Å². The fourth-order valence-electron chi connectivity index (χ4n) is 7.06. The Balaban J connectivity index is 1.01. The highest BCUT2D eigenvalue weighted by atomic mass is 16.7. The van der Waals surface area contributed by atoms with E-state index in [4.69, 9.17) is 4.84 Å². The molecule has 3 aliphatic rings. The lowest BCUT2D eigenvalue weighted by Gasteiger charge is -2.59. The molecule has 2 N–H and O–H groups in total. The molecule has 1 saturated heterocycles. The van der Waals surface area contributed by atoms with Gasteiger partial charge in [0.2, 0.25) is 0 Å². The largest absolute Gasteiger partial charge is 0.301 e. The van der Waals surface area contributed by atoms with Gasteiger partial charge in [0.15, 0.2) is 0 Å². The number of carbonyl (C=O) groups is 1. The monoisotopic (exact) mass is 512 g/mol. The summed E-state index contributed by atoms with van der Waals surface area (Å²) in [7, 11) is 0. The molecule has 0 bridgehead atoms. The molecule has 9 nitrogen and oxygen atoms in total. The summed E-state index contributed by atoms with van der Waals surface area (Å²) in [5, 5.41) is 8.82. The third-order valence-electron chi connectivity index (χ3n) is 8.98. The number of rotatable bonds is 7. The van der Waals surface area contributed by atoms with Crippen molar-refractivity contribution in [1.29, 1.82) is 0 Å². The summed E-state index contributed by atoms with van der Waals surface area (Å²) in [5.74, 6) is 0.494. The smallest absolute Gasteiger partial charge is 0.293 e. The molecule has 4 aromatic rings. The number of fused-ring (bicyclic) bond motifs is 2. The molecule has 1 aromatic carbocycles. The summed E-state index contributed by atoms with van der Waals surface area (Å²) in [6, 6.07) is 13.4. The van der Waals surface area contributed by atoms with Crippen molar-refractivity contribution in [3.05, 3.63) is 76.6 Å². The zero-order valence-corrected chi connectivity index (χ0v) is 21.3. The van der Waals surface area contributed by atoms with E-state index in [1.165, 1.54) is 12.8 Å². The lowest BCUT2D eigenvalue weighted by atomic mass is 9.47. The number of aromatic amines is 1. The van der Waals surface area contributed by atoms with E-state index in [2.05, 4.69) is 25.6 Å². The van der Waals surface area contributed by atoms with Crippen molar-refractivity contribution in [2.75, 3.05) is 19.6 Å². The number of aromatic nitrogens is 4. The third kappa shape index (κ3) is 4.10. The minimum absolute atomic E-state index is 0.0482. The Morgan fingerprint density at radius 2 is 1.84 bits per heavy atom. The van der Waals surface area contributed by atoms with Crippen molar-refractivity contribution in [3.63, 3.8) is 0 Å². The van der Waals surface area contributed by atoms with E-state index in [9.17, 15) is 9.59 Å². The van der Waals surface area contributed by atoms with Crippen LogP contribution in [0.25, 0.3) is 16.4 Å². The second kappa shape index (κ2) is 9.32. The summed E-state index contributed by atoms with van der Waals surface area (Å²) in [4.78, 5) is 38.1. The zero-order chi connectivity index (χ0) is 25.7. The Labute approximate surface area is 220 Å². The van der Waals surface area contributed by atoms with E-state index in [1.807, 2.05) is 48.7 Å². The summed E-state index contributed by atoms with van der Waals surface area (Å²) in [6.45, 7) is 3.02. The second-order valence-electron chi connectivity index (χ2n) is 11.4. The van der Waals surface area contributed by atoms with Gasteiger partial charge in [-0.15, -0.1) is 0 Å². The van der Waals surface area contributed by atoms with Crippen LogP contribution in [0.3, 0.4) is 0 Å². The van der Waals surface area contributed by atoms with E-state index in [0.29, 0.717) is 28.3 Å². The van der Waals surface area contributed by atoms with E-state index in [0.717, 1.165) is 62.0 Å². The number of imidazole rings is 1. The number of hydroxylamine groups is 1. The number of H-pyrrole nitrogens is 1. The number of nitrogens with zero attached hydrogens (tertiary/aromatic N) is 4. The quantitative estimate of drug-likeness (QED) is 0.366. The number of hydrogen-bond acceptors (Lipinski definition) is 6. The van der Waals surface area contributed by atoms with Crippen LogP contribution in [0.2, 0.25) is 0 Å². The molecule has 1 atom stereocenters. The van der Waals surface area contributed by atoms with Gasteiger partial charge in [-0.05, 0) is 81.1 Å². The number of carbonyl (C=O) groups excluding carboxylic acids is 1. The lowest BCUT2D eigenvalue weighted by molar-refractivity contribution is -0.135. The number of hydrogen-bond donors (Lipinski definition) is 2. The predicted molar refractivity (Wildman–Crippen MR) is 143 cm³/mol. The summed E-state index contributed by atoms with van der Waals surface area (Å²) in [5.41, 5.74) is 5.15. The summed E-state index contributed by atoms with van der Waals surface area (Å²) >= 11 is 0. The van der Waals surface area contributed by atoms with E-state index in [1.54, 1.807) is 10.6 Å². The maximum absolute atomic E-state index is 13.0. The third-order valence-corrected chi connectivity index (χ3v) is 8.98. The molecule has 196 valence electrons. The van der Waals surface area contributed by atoms with Crippen LogP contribution < -0.4 is 11.0 Å². The number of likely N-dealkylation sites (tertiary alicyclic amines) is 1. The standard InChI is InChI=1S/C29H32N6O3/c36-27-22-8-2-1-7-21(22)26(31-32-27)20-15-29(16-20)13-19(14-29)24(18-34-10-5-6-11-34)38-33-28(37)23-17-30-25-9-3-4-12-35(23)25/h1-4,7-9,12,17,19-20,24H,5-6,10-11,13-16,18H2,(H,32,36)(H,33,37). The van der Waals surface area contributed by atoms with Crippen LogP contribution >= 0.6 is 0 Å². The van der Waals surface area contributed by atoms with E-state index in [-0.39, 0.29) is 17.6 Å². The van der Waals surface area contributed by atoms with Crippen molar-refractivity contribution in [2.24, 2.45) is 11.3 Å². The van der Waals surface area contributed by atoms with Crippen molar-refractivity contribution in [1.82, 2.24) is 30.0 Å². The summed E-state index contributed by atoms with van der Waals surface area (Å²) < 4.78 is 1.77. The molecule has 2 aliphatic carbocycles. The van der Waals surface area contributed by atoms with Crippen LogP contribution in [0.4, 0.5) is 0 Å². The number of pyridine rings is 1. The lowest BCUT2D eigenvalue weighted by Crippen LogP contribution is -2.54. The van der Waals surface area contributed by atoms with Crippen molar-refractivity contribution in [3.8, 4) is 0 Å². The van der Waals surface area contributed by atoms with Gasteiger partial charge in [0.05, 0.1) is 17.3 Å². The Kier molecular flexibility index (Phi) is 5.78. The molecule has 1 spiro atoms. The predicted octanol–water partition coefficient (Wildman–Crippen LogP) is 3.67. The van der Waals surface area contributed by atoms with Gasteiger partial charge < -0.3 is 4.90 Å². The zero-order valence-electron chi connectivity index (χ0n) is 21.3. The molecule has 3 aromatic heterocycles. The molecular formula is C29H32N6O3. The van der Waals surface area contributed by atoms with Gasteiger partial charge in [-0.25, -0.2) is 15.6 Å². The molecule has 1 unspecified atom stereocenters. The Morgan fingerprint density at radius 1 is 1.08 bits per heavy atom. The van der Waals surface area contributed by atoms with Gasteiger partial charge in [-0.1, -0.05) is 24.3 Å². The SMILES string of the molecule is O=C(NOC(CN1CCCC1)C1CC2(CC(c3n[nH]c(=O)c4ccccc34)C2)C1)c1cnc2ccccn12. The van der Waals surface area contributed by atoms with Gasteiger partial charge in [-0.2, -0.15) is 5.10 Å². The normalized spacial score (nSPS) is 25.9. The molecule has 38 heavy (non-hydrogen) atoms. The van der Waals surface area contributed by atoms with Crippen LogP contribution in [0.1, 0.15) is 60.6 Å². The maximum Gasteiger partial charge on any atom is 0.293 e. The first-order valence-electron chi connectivity index (χ1n) is 13.7. The van der Waals surface area contributed by atoms with E-state index >= 15 is 0 Å². The van der Waals surface area contributed by atoms with Crippen molar-refractivity contribution in [2.45, 2.75) is 50.5 Å². The van der Waals surface area contributed by atoms with Gasteiger partial charge in [0.1, 0.15) is 17.4 Å². The topological polar surface area (TPSA) is 105 Å². The first-order valence-corrected chi connectivity index (χ1v) is 13.7. The van der Waals surface area contributed by atoms with Crippen LogP contribution in [0, 0.1) is 11.3 Å². The average molecular weight is 513 g/mol. The van der Waals surface area contributed by atoms with Crippen molar-refractivity contribution >= 4 is 22.3 Å². The highest BCUT2D eigenvalue weighted by Crippen LogP contribution is 2.65. The average Bonchev–Trinajstić information content (AvgIpc) is 3.56. The molecule has 3 fully saturated rings. The van der Waals surface area contributed by atoms with Crippen LogP contribution in [-0.2, 0) is 4.84 Å². The minimum atomic E-state index is -0.274. The molecule has 7 rings (SSSR count). The summed E-state index contributed by atoms with van der Waals surface area (Å²) in [6.07, 6.45) is 10.2. The fourth-order valence-corrected chi connectivity index (χ4v) is 7.06. The molecule has 2 saturated carbocycles. The second-order valence-corrected chi connectivity index (χ2v) is 11.4. The number of amides is 1. The minimum Gasteiger partial charge on any atom is -0.301 e. The Morgan fingerprint density at radius 3 is 2.66 bits per heavy atom. The Bertz CT molecular complexity index is 1540. The highest BCUT2D eigenvalue weighted by molar-refractivity contribution is 5.92. The van der Waals surface area contributed by atoms with Gasteiger partial charge in [-0.3, -0.25) is 18.8 Å². The molecular weight excluding hydrogens is 480 g/mol. The van der Waals surface area contributed by atoms with Crippen molar-refractivity contribution < 1.29 is 9.63 Å². The molecule has 9 heteroatoms. The number of benzene rings is 1. The number of nitrogens with one attached hydrogen (secondary N) is 2. The molecule has 4 heterocycles. The van der Waals surface area contributed by atoms with Gasteiger partial charge in [0, 0.05) is 24.0 Å². The van der Waals surface area contributed by atoms with Gasteiger partial charge >= 0.3 is 0 Å². The first-order chi connectivity index (χ1) is 18.6. The van der Waals surface area contributed by atoms with Gasteiger partial charge in [0.25, 0.3) is 11.5 Å². The fraction of sp³-hybridized carbons (Fsp3) is 0.448. The molecule has 1 amide bonds. The molecule has 0 radical (unpaired) electrons. The first kappa shape index (κ1) is 23.5. The van der Waals surface area contributed by atoms with Crippen LogP contribution in [0.5, 0.6) is 0 Å². The maximum atomic E-state index is 13.0. The highest BCUT2D eigenvalue weighted by Gasteiger charge is 2.56.